The van der Waals surface area contributed by atoms with Gasteiger partial charge in [-0.25, -0.2) is 0 Å². The van der Waals surface area contributed by atoms with Gasteiger partial charge in [0, 0.05) is 36.6 Å². The second-order valence-corrected chi connectivity index (χ2v) is 9.25. The number of fused-ring (bicyclic) bond motifs is 1. The summed E-state index contributed by atoms with van der Waals surface area (Å²) >= 11 is 6.18. The number of rotatable bonds is 9. The lowest BCUT2D eigenvalue weighted by Gasteiger charge is -2.39. The third kappa shape index (κ3) is 5.60. The van der Waals surface area contributed by atoms with Gasteiger partial charge in [0.15, 0.2) is 0 Å². The van der Waals surface area contributed by atoms with Crippen LogP contribution in [0.1, 0.15) is 56.9 Å². The standard InChI is InChI=1S/C24H33ClN4O2/c25-20-17-26-21-9-8-18(15-19(20)21)16-27-24(31)22-10-14-29(22)23(30)7-3-1-4-11-28-12-5-2-6-13-28/h8-9,15,17,22,26H,1-7,10-14,16H2,(H,27,31). The first-order chi connectivity index (χ1) is 15.1. The van der Waals surface area contributed by atoms with Gasteiger partial charge >= 0.3 is 0 Å². The second-order valence-electron chi connectivity index (χ2n) is 8.84. The number of unbranched alkanes of at least 4 members (excludes halogenated alkanes) is 2. The van der Waals surface area contributed by atoms with Crippen LogP contribution in [-0.2, 0) is 16.1 Å². The zero-order chi connectivity index (χ0) is 21.6. The molecule has 168 valence electrons. The number of likely N-dealkylation sites (tertiary alicyclic amines) is 2. The maximum atomic E-state index is 12.6. The summed E-state index contributed by atoms with van der Waals surface area (Å²) in [5.41, 5.74) is 1.97. The first-order valence-electron chi connectivity index (χ1n) is 11.7. The molecule has 1 aromatic carbocycles. The highest BCUT2D eigenvalue weighted by atomic mass is 35.5. The molecule has 0 radical (unpaired) electrons. The molecule has 2 aliphatic rings. The van der Waals surface area contributed by atoms with E-state index in [4.69, 9.17) is 11.6 Å². The van der Waals surface area contributed by atoms with Crippen molar-refractivity contribution in [3.05, 3.63) is 35.0 Å². The molecule has 0 spiro atoms. The molecule has 1 atom stereocenters. The fourth-order valence-electron chi connectivity index (χ4n) is 4.62. The topological polar surface area (TPSA) is 68.4 Å². The van der Waals surface area contributed by atoms with Crippen molar-refractivity contribution < 1.29 is 9.59 Å². The van der Waals surface area contributed by atoms with E-state index >= 15 is 0 Å². The van der Waals surface area contributed by atoms with Gasteiger partial charge in [-0.1, -0.05) is 30.5 Å². The number of hydrogen-bond donors (Lipinski definition) is 2. The molecule has 0 saturated carbocycles. The van der Waals surface area contributed by atoms with Crippen LogP contribution in [0, 0.1) is 0 Å². The van der Waals surface area contributed by atoms with E-state index in [1.807, 2.05) is 18.2 Å². The highest BCUT2D eigenvalue weighted by Gasteiger charge is 2.36. The van der Waals surface area contributed by atoms with Gasteiger partial charge in [-0.15, -0.1) is 0 Å². The first-order valence-corrected chi connectivity index (χ1v) is 12.0. The van der Waals surface area contributed by atoms with E-state index in [0.717, 1.165) is 48.7 Å². The zero-order valence-corrected chi connectivity index (χ0v) is 18.9. The minimum absolute atomic E-state index is 0.0649. The van der Waals surface area contributed by atoms with Crippen molar-refractivity contribution in [3.63, 3.8) is 0 Å². The van der Waals surface area contributed by atoms with Crippen molar-refractivity contribution in [1.29, 1.82) is 0 Å². The Kier molecular flexibility index (Phi) is 7.51. The van der Waals surface area contributed by atoms with E-state index in [-0.39, 0.29) is 17.9 Å². The monoisotopic (exact) mass is 444 g/mol. The number of hydrogen-bond acceptors (Lipinski definition) is 3. The van der Waals surface area contributed by atoms with Gasteiger partial charge in [0.05, 0.1) is 5.02 Å². The predicted molar refractivity (Wildman–Crippen MR) is 124 cm³/mol. The Bertz CT molecular complexity index is 906. The smallest absolute Gasteiger partial charge is 0.243 e. The minimum Gasteiger partial charge on any atom is -0.360 e. The second kappa shape index (κ2) is 10.5. The van der Waals surface area contributed by atoms with Crippen LogP contribution >= 0.6 is 11.6 Å². The van der Waals surface area contributed by atoms with Gasteiger partial charge in [0.25, 0.3) is 0 Å². The number of aromatic nitrogens is 1. The summed E-state index contributed by atoms with van der Waals surface area (Å²) in [6, 6.07) is 5.61. The maximum Gasteiger partial charge on any atom is 0.243 e. The van der Waals surface area contributed by atoms with Gasteiger partial charge in [-0.3, -0.25) is 9.59 Å². The Morgan fingerprint density at radius 2 is 1.94 bits per heavy atom. The highest BCUT2D eigenvalue weighted by molar-refractivity contribution is 6.35. The Morgan fingerprint density at radius 3 is 2.71 bits per heavy atom. The van der Waals surface area contributed by atoms with Crippen LogP contribution in [0.15, 0.2) is 24.4 Å². The van der Waals surface area contributed by atoms with Crippen LogP contribution < -0.4 is 5.32 Å². The van der Waals surface area contributed by atoms with Crippen LogP contribution in [0.5, 0.6) is 0 Å². The van der Waals surface area contributed by atoms with Crippen molar-refractivity contribution in [1.82, 2.24) is 20.1 Å². The lowest BCUT2D eigenvalue weighted by atomic mass is 10.0. The van der Waals surface area contributed by atoms with Crippen molar-refractivity contribution in [2.24, 2.45) is 0 Å². The van der Waals surface area contributed by atoms with Crippen molar-refractivity contribution >= 4 is 34.3 Å². The van der Waals surface area contributed by atoms with Gasteiger partial charge < -0.3 is 20.1 Å². The molecule has 2 aliphatic heterocycles. The van der Waals surface area contributed by atoms with Crippen LogP contribution in [0.3, 0.4) is 0 Å². The average Bonchev–Trinajstić information content (AvgIpc) is 3.12. The van der Waals surface area contributed by atoms with Crippen molar-refractivity contribution in [3.8, 4) is 0 Å². The number of nitrogens with zero attached hydrogens (tertiary/aromatic N) is 2. The number of nitrogens with one attached hydrogen (secondary N) is 2. The van der Waals surface area contributed by atoms with E-state index in [1.54, 1.807) is 11.1 Å². The van der Waals surface area contributed by atoms with E-state index in [2.05, 4.69) is 15.2 Å². The Labute approximate surface area is 189 Å². The molecule has 31 heavy (non-hydrogen) atoms. The third-order valence-corrected chi connectivity index (χ3v) is 6.93. The lowest BCUT2D eigenvalue weighted by molar-refractivity contribution is -0.147. The quantitative estimate of drug-likeness (QED) is 0.572. The number of carbonyl (C=O) groups excluding carboxylic acids is 2. The summed E-state index contributed by atoms with van der Waals surface area (Å²) in [7, 11) is 0. The van der Waals surface area contributed by atoms with Gasteiger partial charge in [0.1, 0.15) is 6.04 Å². The zero-order valence-electron chi connectivity index (χ0n) is 18.2. The van der Waals surface area contributed by atoms with Crippen molar-refractivity contribution in [2.45, 2.75) is 64.0 Å². The number of amides is 2. The molecule has 2 amide bonds. The predicted octanol–water partition coefficient (Wildman–Crippen LogP) is 4.08. The number of carbonyl (C=O) groups is 2. The van der Waals surface area contributed by atoms with Gasteiger partial charge in [0.2, 0.25) is 11.8 Å². The Hall–Kier alpha value is -2.05. The molecule has 6 nitrogen and oxygen atoms in total. The van der Waals surface area contributed by atoms with Crippen molar-refractivity contribution in [2.75, 3.05) is 26.2 Å². The average molecular weight is 445 g/mol. The molecular formula is C24H33ClN4O2. The first kappa shape index (κ1) is 22.2. The molecule has 0 bridgehead atoms. The fourth-order valence-corrected chi connectivity index (χ4v) is 4.84. The highest BCUT2D eigenvalue weighted by Crippen LogP contribution is 2.24. The van der Waals surface area contributed by atoms with Crippen LogP contribution in [0.25, 0.3) is 10.9 Å². The third-order valence-electron chi connectivity index (χ3n) is 6.62. The molecule has 2 aromatic rings. The number of H-pyrrole nitrogens is 1. The molecule has 7 heteroatoms. The molecular weight excluding hydrogens is 412 g/mol. The number of piperidine rings is 1. The molecule has 0 aliphatic carbocycles. The summed E-state index contributed by atoms with van der Waals surface area (Å²) in [6.45, 7) is 4.74. The molecule has 1 unspecified atom stereocenters. The summed E-state index contributed by atoms with van der Waals surface area (Å²) in [5, 5.41) is 4.61. The van der Waals surface area contributed by atoms with Crippen LogP contribution in [0.4, 0.5) is 0 Å². The lowest BCUT2D eigenvalue weighted by Crippen LogP contribution is -2.58. The number of aromatic amines is 1. The van der Waals surface area contributed by atoms with Crippen LogP contribution in [-0.4, -0.2) is 58.8 Å². The SMILES string of the molecule is O=C(NCc1ccc2[nH]cc(Cl)c2c1)C1CCN1C(=O)CCCCCN1CCCCC1. The largest absolute Gasteiger partial charge is 0.360 e. The summed E-state index contributed by atoms with van der Waals surface area (Å²) in [5.74, 6) is 0.0508. The molecule has 1 aromatic heterocycles. The normalized spacial score (nSPS) is 19.4. The Morgan fingerprint density at radius 1 is 1.10 bits per heavy atom. The van der Waals surface area contributed by atoms with Crippen LogP contribution in [0.2, 0.25) is 5.02 Å². The maximum absolute atomic E-state index is 12.6. The molecule has 2 saturated heterocycles. The summed E-state index contributed by atoms with van der Waals surface area (Å²) in [4.78, 5) is 32.6. The number of halogens is 1. The summed E-state index contributed by atoms with van der Waals surface area (Å²) < 4.78 is 0. The van der Waals surface area contributed by atoms with E-state index in [9.17, 15) is 9.59 Å². The minimum atomic E-state index is -0.319. The number of benzene rings is 1. The molecule has 2 fully saturated rings. The van der Waals surface area contributed by atoms with E-state index < -0.39 is 0 Å². The molecule has 3 heterocycles. The van der Waals surface area contributed by atoms with Gasteiger partial charge in [-0.2, -0.15) is 0 Å². The van der Waals surface area contributed by atoms with E-state index in [1.165, 1.54) is 32.4 Å². The fraction of sp³-hybridized carbons (Fsp3) is 0.583. The molecule has 2 N–H and O–H groups in total. The Balaban J connectivity index is 1.16. The van der Waals surface area contributed by atoms with E-state index in [0.29, 0.717) is 24.5 Å². The molecule has 4 rings (SSSR count). The summed E-state index contributed by atoms with van der Waals surface area (Å²) in [6.07, 6.45) is 10.2. The van der Waals surface area contributed by atoms with Gasteiger partial charge in [-0.05, 0) is 69.4 Å².